The standard InChI is InChI=1S/C11H17N5O2/c12-9-7-2-6-18-11(7)10(9)14-8(17)1-4-16-5-3-13-15-16/h3,5,7,9-11H,1-2,4,6,12H2,(H,14,17). The Morgan fingerprint density at radius 3 is 3.28 bits per heavy atom. The highest BCUT2D eigenvalue weighted by Crippen LogP contribution is 2.37. The number of amides is 1. The SMILES string of the molecule is NC1C2CCOC2C1NC(=O)CCn1ccnn1. The molecule has 1 aromatic rings. The lowest BCUT2D eigenvalue weighted by molar-refractivity contribution is -0.125. The number of nitrogens with zero attached hydrogens (tertiary/aromatic N) is 3. The predicted molar refractivity (Wildman–Crippen MR) is 62.4 cm³/mol. The molecule has 1 aliphatic carbocycles. The van der Waals surface area contributed by atoms with Gasteiger partial charge in [0, 0.05) is 31.2 Å². The monoisotopic (exact) mass is 251 g/mol. The molecule has 2 fully saturated rings. The molecule has 1 saturated carbocycles. The van der Waals surface area contributed by atoms with Gasteiger partial charge in [0.25, 0.3) is 0 Å². The Bertz CT molecular complexity index is 421. The molecule has 0 radical (unpaired) electrons. The average Bonchev–Trinajstić information content (AvgIpc) is 3.02. The van der Waals surface area contributed by atoms with Gasteiger partial charge in [-0.2, -0.15) is 0 Å². The van der Waals surface area contributed by atoms with Crippen LogP contribution in [0.25, 0.3) is 0 Å². The third kappa shape index (κ3) is 1.99. The summed E-state index contributed by atoms with van der Waals surface area (Å²) in [6.07, 6.45) is 4.84. The molecule has 7 nitrogen and oxygen atoms in total. The van der Waals surface area contributed by atoms with Crippen LogP contribution >= 0.6 is 0 Å². The first-order chi connectivity index (χ1) is 8.75. The first-order valence-corrected chi connectivity index (χ1v) is 6.26. The van der Waals surface area contributed by atoms with Crippen LogP contribution in [0.4, 0.5) is 0 Å². The van der Waals surface area contributed by atoms with E-state index in [2.05, 4.69) is 15.6 Å². The van der Waals surface area contributed by atoms with Crippen molar-refractivity contribution in [3.05, 3.63) is 12.4 Å². The predicted octanol–water partition coefficient (Wildman–Crippen LogP) is -1.10. The Kier molecular flexibility index (Phi) is 3.00. The van der Waals surface area contributed by atoms with Crippen LogP contribution in [0.1, 0.15) is 12.8 Å². The van der Waals surface area contributed by atoms with E-state index in [9.17, 15) is 4.79 Å². The highest BCUT2D eigenvalue weighted by molar-refractivity contribution is 5.76. The fraction of sp³-hybridized carbons (Fsp3) is 0.727. The number of rotatable bonds is 4. The van der Waals surface area contributed by atoms with Crippen molar-refractivity contribution >= 4 is 5.91 Å². The van der Waals surface area contributed by atoms with Crippen LogP contribution in [0.5, 0.6) is 0 Å². The fourth-order valence-electron chi connectivity index (χ4n) is 2.75. The summed E-state index contributed by atoms with van der Waals surface area (Å²) in [6, 6.07) is 0.00793. The molecule has 1 aliphatic heterocycles. The van der Waals surface area contributed by atoms with Gasteiger partial charge in [-0.15, -0.1) is 5.10 Å². The van der Waals surface area contributed by atoms with Gasteiger partial charge in [-0.3, -0.25) is 9.48 Å². The van der Waals surface area contributed by atoms with Gasteiger partial charge >= 0.3 is 0 Å². The molecule has 0 bridgehead atoms. The van der Waals surface area contributed by atoms with Crippen molar-refractivity contribution in [2.75, 3.05) is 6.61 Å². The molecule has 3 N–H and O–H groups in total. The second-order valence-corrected chi connectivity index (χ2v) is 4.87. The number of nitrogens with two attached hydrogens (primary N) is 1. The van der Waals surface area contributed by atoms with E-state index >= 15 is 0 Å². The van der Waals surface area contributed by atoms with Crippen molar-refractivity contribution in [3.63, 3.8) is 0 Å². The minimum Gasteiger partial charge on any atom is -0.376 e. The molecule has 2 aliphatic rings. The summed E-state index contributed by atoms with van der Waals surface area (Å²) >= 11 is 0. The number of ether oxygens (including phenoxy) is 1. The van der Waals surface area contributed by atoms with Gasteiger partial charge in [-0.1, -0.05) is 5.21 Å². The largest absolute Gasteiger partial charge is 0.376 e. The molecule has 3 rings (SSSR count). The van der Waals surface area contributed by atoms with Crippen molar-refractivity contribution in [2.45, 2.75) is 37.6 Å². The third-order valence-corrected chi connectivity index (χ3v) is 3.81. The molecule has 4 unspecified atom stereocenters. The van der Waals surface area contributed by atoms with Crippen LogP contribution in [0.15, 0.2) is 12.4 Å². The Morgan fingerprint density at radius 2 is 2.50 bits per heavy atom. The number of fused-ring (bicyclic) bond motifs is 1. The minimum absolute atomic E-state index is 0.0140. The zero-order chi connectivity index (χ0) is 12.5. The first kappa shape index (κ1) is 11.6. The Morgan fingerprint density at radius 1 is 1.61 bits per heavy atom. The van der Waals surface area contributed by atoms with Gasteiger partial charge in [0.05, 0.1) is 24.9 Å². The average molecular weight is 251 g/mol. The summed E-state index contributed by atoms with van der Waals surface area (Å²) in [5, 5.41) is 10.4. The summed E-state index contributed by atoms with van der Waals surface area (Å²) in [5.74, 6) is 0.408. The van der Waals surface area contributed by atoms with Crippen LogP contribution in [0.3, 0.4) is 0 Å². The molecule has 1 amide bonds. The number of hydrogen-bond acceptors (Lipinski definition) is 5. The lowest BCUT2D eigenvalue weighted by Crippen LogP contribution is -2.69. The second kappa shape index (κ2) is 4.66. The van der Waals surface area contributed by atoms with Gasteiger partial charge < -0.3 is 15.8 Å². The quantitative estimate of drug-likeness (QED) is 0.708. The van der Waals surface area contributed by atoms with Crippen LogP contribution in [0, 0.1) is 5.92 Å². The molecular formula is C11H17N5O2. The van der Waals surface area contributed by atoms with E-state index in [-0.39, 0.29) is 24.1 Å². The molecule has 0 spiro atoms. The van der Waals surface area contributed by atoms with E-state index in [1.807, 2.05) is 0 Å². The molecule has 1 aromatic heterocycles. The van der Waals surface area contributed by atoms with Crippen molar-refractivity contribution in [3.8, 4) is 0 Å². The smallest absolute Gasteiger partial charge is 0.222 e. The molecule has 7 heteroatoms. The maximum absolute atomic E-state index is 11.8. The molecule has 98 valence electrons. The Balaban J connectivity index is 1.46. The highest BCUT2D eigenvalue weighted by Gasteiger charge is 2.52. The van der Waals surface area contributed by atoms with Crippen LogP contribution in [-0.4, -0.2) is 45.7 Å². The normalized spacial score (nSPS) is 33.8. The lowest BCUT2D eigenvalue weighted by Gasteiger charge is -2.45. The van der Waals surface area contributed by atoms with Gasteiger partial charge in [0.2, 0.25) is 5.91 Å². The van der Waals surface area contributed by atoms with Crippen molar-refractivity contribution in [1.29, 1.82) is 0 Å². The van der Waals surface area contributed by atoms with E-state index < -0.39 is 0 Å². The van der Waals surface area contributed by atoms with Crippen molar-refractivity contribution in [2.24, 2.45) is 11.7 Å². The third-order valence-electron chi connectivity index (χ3n) is 3.81. The topological polar surface area (TPSA) is 95.1 Å². The van der Waals surface area contributed by atoms with Crippen molar-refractivity contribution in [1.82, 2.24) is 20.3 Å². The maximum Gasteiger partial charge on any atom is 0.222 e. The van der Waals surface area contributed by atoms with Gasteiger partial charge in [0.15, 0.2) is 0 Å². The highest BCUT2D eigenvalue weighted by atomic mass is 16.5. The van der Waals surface area contributed by atoms with Crippen LogP contribution in [-0.2, 0) is 16.1 Å². The van der Waals surface area contributed by atoms with E-state index in [0.29, 0.717) is 18.9 Å². The summed E-state index contributed by atoms with van der Waals surface area (Å²) in [7, 11) is 0. The zero-order valence-electron chi connectivity index (χ0n) is 10.0. The molecule has 1 saturated heterocycles. The first-order valence-electron chi connectivity index (χ1n) is 6.26. The van der Waals surface area contributed by atoms with Gasteiger partial charge in [-0.25, -0.2) is 0 Å². The number of carbonyl (C=O) groups is 1. The lowest BCUT2D eigenvalue weighted by atomic mass is 9.72. The van der Waals surface area contributed by atoms with Gasteiger partial charge in [-0.05, 0) is 6.42 Å². The summed E-state index contributed by atoms with van der Waals surface area (Å²) in [5.41, 5.74) is 6.02. The molecule has 2 heterocycles. The van der Waals surface area contributed by atoms with E-state index in [1.165, 1.54) is 0 Å². The summed E-state index contributed by atoms with van der Waals surface area (Å²) < 4.78 is 7.20. The zero-order valence-corrected chi connectivity index (χ0v) is 10.0. The summed E-state index contributed by atoms with van der Waals surface area (Å²) in [4.78, 5) is 11.8. The molecule has 18 heavy (non-hydrogen) atoms. The minimum atomic E-state index is -0.0271. The number of aryl methyl sites for hydroxylation is 1. The van der Waals surface area contributed by atoms with Gasteiger partial charge in [0.1, 0.15) is 0 Å². The van der Waals surface area contributed by atoms with Crippen molar-refractivity contribution < 1.29 is 9.53 Å². The molecular weight excluding hydrogens is 234 g/mol. The number of nitrogens with one attached hydrogen (secondary N) is 1. The number of hydrogen-bond donors (Lipinski definition) is 2. The fourth-order valence-corrected chi connectivity index (χ4v) is 2.75. The summed E-state index contributed by atoms with van der Waals surface area (Å²) in [6.45, 7) is 1.29. The maximum atomic E-state index is 11.8. The Hall–Kier alpha value is -1.47. The number of aromatic nitrogens is 3. The van der Waals surface area contributed by atoms with E-state index in [4.69, 9.17) is 10.5 Å². The Labute approximate surface area is 105 Å². The van der Waals surface area contributed by atoms with E-state index in [0.717, 1.165) is 13.0 Å². The van der Waals surface area contributed by atoms with Crippen LogP contribution < -0.4 is 11.1 Å². The molecule has 0 aromatic carbocycles. The number of carbonyl (C=O) groups excluding carboxylic acids is 1. The van der Waals surface area contributed by atoms with Crippen LogP contribution in [0.2, 0.25) is 0 Å². The van der Waals surface area contributed by atoms with E-state index in [1.54, 1.807) is 17.1 Å². The second-order valence-electron chi connectivity index (χ2n) is 4.87. The molecule has 4 atom stereocenters.